The first-order valence-electron chi connectivity index (χ1n) is 6.27. The van der Waals surface area contributed by atoms with Gasteiger partial charge in [-0.3, -0.25) is 9.97 Å². The molecule has 0 bridgehead atoms. The van der Waals surface area contributed by atoms with Gasteiger partial charge >= 0.3 is 0 Å². The summed E-state index contributed by atoms with van der Waals surface area (Å²) in [5.74, 6) is 0. The van der Waals surface area contributed by atoms with Crippen LogP contribution in [0.3, 0.4) is 0 Å². The van der Waals surface area contributed by atoms with E-state index in [1.54, 1.807) is 12.4 Å². The third kappa shape index (κ3) is 2.33. The van der Waals surface area contributed by atoms with Crippen LogP contribution in [0.4, 0.5) is 0 Å². The molecular weight excluding hydrogens is 234 g/mol. The van der Waals surface area contributed by atoms with E-state index in [0.29, 0.717) is 0 Å². The Hall–Kier alpha value is -2.26. The Morgan fingerprint density at radius 3 is 2.53 bits per heavy atom. The van der Waals surface area contributed by atoms with Crippen LogP contribution < -0.4 is 5.73 Å². The van der Waals surface area contributed by atoms with E-state index in [-0.39, 0.29) is 6.04 Å². The van der Waals surface area contributed by atoms with E-state index < -0.39 is 0 Å². The topological polar surface area (TPSA) is 51.8 Å². The molecule has 19 heavy (non-hydrogen) atoms. The van der Waals surface area contributed by atoms with Crippen LogP contribution >= 0.6 is 0 Å². The van der Waals surface area contributed by atoms with Crippen molar-refractivity contribution in [1.82, 2.24) is 9.97 Å². The summed E-state index contributed by atoms with van der Waals surface area (Å²) in [4.78, 5) is 8.51. The standard InChI is InChI=1S/C16H15N3/c1-11-2-3-13-10-14(4-5-15(13)19-11)16(17)12-6-8-18-9-7-12/h2-10,16H,17H2,1H3. The van der Waals surface area contributed by atoms with Crippen molar-refractivity contribution >= 4 is 10.9 Å². The molecule has 3 aromatic rings. The SMILES string of the molecule is Cc1ccc2cc(C(N)c3ccncc3)ccc2n1. The van der Waals surface area contributed by atoms with Gasteiger partial charge in [-0.1, -0.05) is 12.1 Å². The maximum atomic E-state index is 6.29. The highest BCUT2D eigenvalue weighted by atomic mass is 14.7. The minimum atomic E-state index is -0.131. The van der Waals surface area contributed by atoms with Crippen LogP contribution in [-0.4, -0.2) is 9.97 Å². The second-order valence-electron chi connectivity index (χ2n) is 4.66. The molecule has 0 aliphatic carbocycles. The van der Waals surface area contributed by atoms with Gasteiger partial charge in [0, 0.05) is 23.5 Å². The number of hydrogen-bond donors (Lipinski definition) is 1. The molecule has 0 spiro atoms. The number of rotatable bonds is 2. The lowest BCUT2D eigenvalue weighted by Gasteiger charge is -2.13. The van der Waals surface area contributed by atoms with Crippen LogP contribution in [0.25, 0.3) is 10.9 Å². The fourth-order valence-corrected chi connectivity index (χ4v) is 2.20. The van der Waals surface area contributed by atoms with Crippen molar-refractivity contribution in [3.63, 3.8) is 0 Å². The van der Waals surface area contributed by atoms with Gasteiger partial charge in [0.25, 0.3) is 0 Å². The van der Waals surface area contributed by atoms with E-state index in [0.717, 1.165) is 27.7 Å². The smallest absolute Gasteiger partial charge is 0.0705 e. The Bertz CT molecular complexity index is 708. The van der Waals surface area contributed by atoms with Crippen LogP contribution in [0.2, 0.25) is 0 Å². The van der Waals surface area contributed by atoms with Gasteiger partial charge in [-0.05, 0) is 48.4 Å². The molecule has 0 saturated heterocycles. The average Bonchev–Trinajstić information content (AvgIpc) is 2.47. The average molecular weight is 249 g/mol. The molecule has 0 fully saturated rings. The first kappa shape index (κ1) is 11.8. The zero-order valence-electron chi connectivity index (χ0n) is 10.7. The number of fused-ring (bicyclic) bond motifs is 1. The Labute approximate surface area is 112 Å². The number of hydrogen-bond acceptors (Lipinski definition) is 3. The van der Waals surface area contributed by atoms with Crippen LogP contribution in [0.1, 0.15) is 22.9 Å². The van der Waals surface area contributed by atoms with Crippen LogP contribution in [0, 0.1) is 6.92 Å². The fraction of sp³-hybridized carbons (Fsp3) is 0.125. The summed E-state index contributed by atoms with van der Waals surface area (Å²) in [7, 11) is 0. The highest BCUT2D eigenvalue weighted by Gasteiger charge is 2.09. The lowest BCUT2D eigenvalue weighted by Crippen LogP contribution is -2.11. The summed E-state index contributed by atoms with van der Waals surface area (Å²) in [6.07, 6.45) is 3.53. The molecule has 0 amide bonds. The molecule has 1 aromatic carbocycles. The first-order valence-corrected chi connectivity index (χ1v) is 6.27. The van der Waals surface area contributed by atoms with Crippen LogP contribution in [-0.2, 0) is 0 Å². The van der Waals surface area contributed by atoms with Gasteiger partial charge in [0.1, 0.15) is 0 Å². The Kier molecular flexibility index (Phi) is 2.97. The molecular formula is C16H15N3. The zero-order valence-corrected chi connectivity index (χ0v) is 10.7. The monoisotopic (exact) mass is 249 g/mol. The van der Waals surface area contributed by atoms with Gasteiger partial charge in [0.05, 0.1) is 11.6 Å². The molecule has 3 heteroatoms. The largest absolute Gasteiger partial charge is 0.320 e. The fourth-order valence-electron chi connectivity index (χ4n) is 2.20. The summed E-state index contributed by atoms with van der Waals surface area (Å²) < 4.78 is 0. The van der Waals surface area contributed by atoms with Crippen molar-refractivity contribution in [3.05, 3.63) is 71.7 Å². The first-order chi connectivity index (χ1) is 9.24. The maximum Gasteiger partial charge on any atom is 0.0705 e. The highest BCUT2D eigenvalue weighted by molar-refractivity contribution is 5.79. The maximum absolute atomic E-state index is 6.29. The number of pyridine rings is 2. The Balaban J connectivity index is 2.04. The van der Waals surface area contributed by atoms with Crippen molar-refractivity contribution < 1.29 is 0 Å². The third-order valence-corrected chi connectivity index (χ3v) is 3.28. The van der Waals surface area contributed by atoms with Crippen molar-refractivity contribution in [1.29, 1.82) is 0 Å². The predicted molar refractivity (Wildman–Crippen MR) is 76.7 cm³/mol. The van der Waals surface area contributed by atoms with E-state index in [9.17, 15) is 0 Å². The summed E-state index contributed by atoms with van der Waals surface area (Å²) >= 11 is 0. The molecule has 0 aliphatic heterocycles. The lowest BCUT2D eigenvalue weighted by molar-refractivity contribution is 0.869. The second kappa shape index (κ2) is 4.78. The number of aryl methyl sites for hydroxylation is 1. The molecule has 2 heterocycles. The molecule has 3 nitrogen and oxygen atoms in total. The third-order valence-electron chi connectivity index (χ3n) is 3.28. The van der Waals surface area contributed by atoms with Gasteiger partial charge in [-0.25, -0.2) is 0 Å². The molecule has 1 atom stereocenters. The van der Waals surface area contributed by atoms with E-state index in [2.05, 4.69) is 22.1 Å². The number of aromatic nitrogens is 2. The van der Waals surface area contributed by atoms with Gasteiger partial charge < -0.3 is 5.73 Å². The van der Waals surface area contributed by atoms with E-state index in [1.165, 1.54) is 0 Å². The van der Waals surface area contributed by atoms with Gasteiger partial charge in [-0.2, -0.15) is 0 Å². The van der Waals surface area contributed by atoms with Crippen molar-refractivity contribution in [2.24, 2.45) is 5.73 Å². The summed E-state index contributed by atoms with van der Waals surface area (Å²) in [5, 5.41) is 1.12. The Morgan fingerprint density at radius 1 is 0.947 bits per heavy atom. The van der Waals surface area contributed by atoms with Crippen molar-refractivity contribution in [2.75, 3.05) is 0 Å². The van der Waals surface area contributed by atoms with Crippen LogP contribution in [0.5, 0.6) is 0 Å². The zero-order chi connectivity index (χ0) is 13.2. The minimum absolute atomic E-state index is 0.131. The molecule has 0 radical (unpaired) electrons. The van der Waals surface area contributed by atoms with Gasteiger partial charge in [0.15, 0.2) is 0 Å². The molecule has 2 N–H and O–H groups in total. The Morgan fingerprint density at radius 2 is 1.74 bits per heavy atom. The van der Waals surface area contributed by atoms with Crippen molar-refractivity contribution in [2.45, 2.75) is 13.0 Å². The quantitative estimate of drug-likeness (QED) is 0.759. The summed E-state index contributed by atoms with van der Waals surface area (Å²) in [5.41, 5.74) is 10.5. The molecule has 2 aromatic heterocycles. The van der Waals surface area contributed by atoms with E-state index >= 15 is 0 Å². The molecule has 94 valence electrons. The number of nitrogens with two attached hydrogens (primary N) is 1. The van der Waals surface area contributed by atoms with Gasteiger partial charge in [-0.15, -0.1) is 0 Å². The molecule has 0 saturated carbocycles. The predicted octanol–water partition coefficient (Wildman–Crippen LogP) is 2.99. The number of benzene rings is 1. The lowest BCUT2D eigenvalue weighted by atomic mass is 9.99. The minimum Gasteiger partial charge on any atom is -0.320 e. The van der Waals surface area contributed by atoms with E-state index in [1.807, 2.05) is 37.3 Å². The second-order valence-corrected chi connectivity index (χ2v) is 4.66. The van der Waals surface area contributed by atoms with Crippen molar-refractivity contribution in [3.8, 4) is 0 Å². The van der Waals surface area contributed by atoms with Gasteiger partial charge in [0.2, 0.25) is 0 Å². The van der Waals surface area contributed by atoms with Crippen LogP contribution in [0.15, 0.2) is 54.9 Å². The highest BCUT2D eigenvalue weighted by Crippen LogP contribution is 2.22. The molecule has 1 unspecified atom stereocenters. The summed E-state index contributed by atoms with van der Waals surface area (Å²) in [6, 6.07) is 14.0. The summed E-state index contributed by atoms with van der Waals surface area (Å²) in [6.45, 7) is 2.00. The molecule has 3 rings (SSSR count). The molecule has 0 aliphatic rings. The normalized spacial score (nSPS) is 12.5. The number of nitrogens with zero attached hydrogens (tertiary/aromatic N) is 2. The van der Waals surface area contributed by atoms with E-state index in [4.69, 9.17) is 5.73 Å².